The molecule has 0 saturated carbocycles. The summed E-state index contributed by atoms with van der Waals surface area (Å²) in [7, 11) is 0. The number of nitrogens with zero attached hydrogens (tertiary/aromatic N) is 1. The van der Waals surface area contributed by atoms with Crippen molar-refractivity contribution in [3.05, 3.63) is 27.1 Å². The van der Waals surface area contributed by atoms with Crippen LogP contribution in [0.1, 0.15) is 11.3 Å². The molecule has 0 bridgehead atoms. The van der Waals surface area contributed by atoms with Gasteiger partial charge in [0.25, 0.3) is 5.92 Å². The van der Waals surface area contributed by atoms with Crippen LogP contribution in [0.5, 0.6) is 0 Å². The third-order valence-electron chi connectivity index (χ3n) is 1.51. The van der Waals surface area contributed by atoms with Crippen LogP contribution in [0.25, 0.3) is 0 Å². The number of carboxylic acid groups (broad SMARTS) is 1. The van der Waals surface area contributed by atoms with E-state index in [4.69, 9.17) is 5.11 Å². The number of thiophene rings is 1. The standard InChI is InChI=1S/C7H5F2NO4S/c8-7(9,3-6(11)12)4-1-2-5(15-4)10(13)14/h1-2H,3H2,(H,11,12). The fraction of sp³-hybridized carbons (Fsp3) is 0.286. The van der Waals surface area contributed by atoms with Crippen molar-refractivity contribution < 1.29 is 23.6 Å². The minimum absolute atomic E-state index is 0.277. The lowest BCUT2D eigenvalue weighted by molar-refractivity contribution is -0.380. The number of carbonyl (C=O) groups is 1. The van der Waals surface area contributed by atoms with Crippen molar-refractivity contribution in [2.24, 2.45) is 0 Å². The van der Waals surface area contributed by atoms with Gasteiger partial charge >= 0.3 is 11.0 Å². The molecule has 0 fully saturated rings. The monoisotopic (exact) mass is 237 g/mol. The molecular weight excluding hydrogens is 232 g/mol. The Morgan fingerprint density at radius 1 is 1.60 bits per heavy atom. The van der Waals surface area contributed by atoms with Gasteiger partial charge in [0.15, 0.2) is 0 Å². The minimum atomic E-state index is -3.56. The van der Waals surface area contributed by atoms with E-state index in [0.717, 1.165) is 12.1 Å². The minimum Gasteiger partial charge on any atom is -0.481 e. The highest BCUT2D eigenvalue weighted by Crippen LogP contribution is 2.38. The van der Waals surface area contributed by atoms with Gasteiger partial charge in [-0.2, -0.15) is 8.78 Å². The van der Waals surface area contributed by atoms with Crippen molar-refractivity contribution in [1.82, 2.24) is 0 Å². The van der Waals surface area contributed by atoms with Gasteiger partial charge < -0.3 is 5.11 Å². The average molecular weight is 237 g/mol. The van der Waals surface area contributed by atoms with Crippen LogP contribution >= 0.6 is 11.3 Å². The van der Waals surface area contributed by atoms with Crippen LogP contribution in [0.4, 0.5) is 13.8 Å². The lowest BCUT2D eigenvalue weighted by atomic mass is 10.2. The summed E-state index contributed by atoms with van der Waals surface area (Å²) in [6.07, 6.45) is -1.37. The molecular formula is C7H5F2NO4S. The average Bonchev–Trinajstić information content (AvgIpc) is 2.48. The highest BCUT2D eigenvalue weighted by atomic mass is 32.1. The zero-order chi connectivity index (χ0) is 11.6. The third kappa shape index (κ3) is 2.69. The molecule has 15 heavy (non-hydrogen) atoms. The molecule has 0 aromatic carbocycles. The molecule has 0 spiro atoms. The van der Waals surface area contributed by atoms with E-state index in [2.05, 4.69) is 0 Å². The maximum Gasteiger partial charge on any atom is 0.324 e. The third-order valence-corrected chi connectivity index (χ3v) is 2.65. The molecule has 0 aliphatic rings. The SMILES string of the molecule is O=C(O)CC(F)(F)c1ccc([N+](=O)[O-])s1. The van der Waals surface area contributed by atoms with Crippen molar-refractivity contribution in [2.45, 2.75) is 12.3 Å². The van der Waals surface area contributed by atoms with Gasteiger partial charge in [-0.05, 0) is 6.07 Å². The van der Waals surface area contributed by atoms with Gasteiger partial charge in [-0.1, -0.05) is 11.3 Å². The first kappa shape index (κ1) is 11.5. The first-order valence-electron chi connectivity index (χ1n) is 3.67. The maximum absolute atomic E-state index is 13.1. The van der Waals surface area contributed by atoms with Crippen LogP contribution in [0.2, 0.25) is 0 Å². The second kappa shape index (κ2) is 3.89. The first-order chi connectivity index (χ1) is 6.83. The predicted octanol–water partition coefficient (Wildman–Crippen LogP) is 2.22. The van der Waals surface area contributed by atoms with Crippen molar-refractivity contribution in [2.75, 3.05) is 0 Å². The molecule has 1 N–H and O–H groups in total. The van der Waals surface area contributed by atoms with Gasteiger partial charge in [-0.15, -0.1) is 0 Å². The number of aliphatic carboxylic acids is 1. The zero-order valence-electron chi connectivity index (χ0n) is 7.15. The molecule has 1 aromatic rings. The lowest BCUT2D eigenvalue weighted by Crippen LogP contribution is -2.16. The summed E-state index contributed by atoms with van der Waals surface area (Å²) < 4.78 is 26.2. The van der Waals surface area contributed by atoms with Crippen molar-refractivity contribution >= 4 is 22.3 Å². The van der Waals surface area contributed by atoms with Gasteiger partial charge in [-0.3, -0.25) is 14.9 Å². The Morgan fingerprint density at radius 3 is 2.60 bits per heavy atom. The fourth-order valence-corrected chi connectivity index (χ4v) is 1.69. The van der Waals surface area contributed by atoms with E-state index >= 15 is 0 Å². The zero-order valence-corrected chi connectivity index (χ0v) is 7.96. The Balaban J connectivity index is 2.94. The Bertz CT molecular complexity index is 403. The van der Waals surface area contributed by atoms with Gasteiger partial charge in [0.2, 0.25) is 0 Å². The van der Waals surface area contributed by atoms with Gasteiger partial charge in [-0.25, -0.2) is 0 Å². The Hall–Kier alpha value is -1.57. The molecule has 8 heteroatoms. The lowest BCUT2D eigenvalue weighted by Gasteiger charge is -2.10. The van der Waals surface area contributed by atoms with E-state index < -0.39 is 33.1 Å². The van der Waals surface area contributed by atoms with E-state index in [1.54, 1.807) is 0 Å². The summed E-state index contributed by atoms with van der Waals surface area (Å²) in [6, 6.07) is 1.79. The Kier molecular flexibility index (Phi) is 2.98. The predicted molar refractivity (Wildman–Crippen MR) is 47.1 cm³/mol. The summed E-state index contributed by atoms with van der Waals surface area (Å²) >= 11 is 0.277. The van der Waals surface area contributed by atoms with Gasteiger partial charge in [0.05, 0.1) is 9.80 Å². The summed E-state index contributed by atoms with van der Waals surface area (Å²) in [6.45, 7) is 0. The van der Waals surface area contributed by atoms with Crippen molar-refractivity contribution in [3.63, 3.8) is 0 Å². The van der Waals surface area contributed by atoms with Crippen LogP contribution in [-0.2, 0) is 10.7 Å². The second-order valence-corrected chi connectivity index (χ2v) is 3.73. The molecule has 1 aromatic heterocycles. The van der Waals surface area contributed by atoms with Crippen LogP contribution < -0.4 is 0 Å². The van der Waals surface area contributed by atoms with E-state index in [-0.39, 0.29) is 11.3 Å². The molecule has 0 saturated heterocycles. The van der Waals surface area contributed by atoms with E-state index in [1.807, 2.05) is 0 Å². The number of carboxylic acids is 1. The highest BCUT2D eigenvalue weighted by Gasteiger charge is 2.37. The van der Waals surface area contributed by atoms with E-state index in [1.165, 1.54) is 0 Å². The maximum atomic E-state index is 13.1. The quantitative estimate of drug-likeness (QED) is 0.643. The van der Waals surface area contributed by atoms with E-state index in [9.17, 15) is 23.7 Å². The topological polar surface area (TPSA) is 80.4 Å². The molecule has 1 rings (SSSR count). The van der Waals surface area contributed by atoms with Gasteiger partial charge in [0, 0.05) is 6.07 Å². The molecule has 0 atom stereocenters. The summed E-state index contributed by atoms with van der Waals surface area (Å²) in [5.41, 5.74) is 0. The van der Waals surface area contributed by atoms with Crippen LogP contribution in [0, 0.1) is 10.1 Å². The molecule has 1 heterocycles. The van der Waals surface area contributed by atoms with Crippen LogP contribution in [-0.4, -0.2) is 16.0 Å². The molecule has 0 unspecified atom stereocenters. The smallest absolute Gasteiger partial charge is 0.324 e. The Labute approximate surface area is 86.1 Å². The first-order valence-corrected chi connectivity index (χ1v) is 4.49. The fourth-order valence-electron chi connectivity index (χ4n) is 0.899. The van der Waals surface area contributed by atoms with Gasteiger partial charge in [0.1, 0.15) is 6.42 Å². The number of rotatable bonds is 4. The van der Waals surface area contributed by atoms with Crippen LogP contribution in [0.3, 0.4) is 0 Å². The molecule has 5 nitrogen and oxygen atoms in total. The van der Waals surface area contributed by atoms with Crippen molar-refractivity contribution in [3.8, 4) is 0 Å². The number of nitro groups is 1. The molecule has 82 valence electrons. The number of halogens is 2. The number of alkyl halides is 2. The summed E-state index contributed by atoms with van der Waals surface area (Å²) in [5.74, 6) is -5.22. The second-order valence-electron chi connectivity index (χ2n) is 2.67. The number of hydrogen-bond donors (Lipinski definition) is 1. The summed E-state index contributed by atoms with van der Waals surface area (Å²) in [4.78, 5) is 18.9. The Morgan fingerprint density at radius 2 is 2.20 bits per heavy atom. The molecule has 0 radical (unpaired) electrons. The van der Waals surface area contributed by atoms with E-state index in [0.29, 0.717) is 0 Å². The summed E-state index contributed by atoms with van der Waals surface area (Å²) in [5, 5.41) is 18.0. The molecule has 0 aliphatic heterocycles. The molecule has 0 amide bonds. The highest BCUT2D eigenvalue weighted by molar-refractivity contribution is 7.15. The number of hydrogen-bond acceptors (Lipinski definition) is 4. The van der Waals surface area contributed by atoms with Crippen LogP contribution in [0.15, 0.2) is 12.1 Å². The normalized spacial score (nSPS) is 11.3. The largest absolute Gasteiger partial charge is 0.481 e. The van der Waals surface area contributed by atoms with Crippen molar-refractivity contribution in [1.29, 1.82) is 0 Å². The molecule has 0 aliphatic carbocycles.